The van der Waals surface area contributed by atoms with Crippen LogP contribution in [0, 0.1) is 24.0 Å². The van der Waals surface area contributed by atoms with E-state index in [4.69, 9.17) is 0 Å². The first-order valence-electron chi connectivity index (χ1n) is 6.04. The summed E-state index contributed by atoms with van der Waals surface area (Å²) in [6.45, 7) is 5.85. The van der Waals surface area contributed by atoms with Gasteiger partial charge < -0.3 is 5.32 Å². The molecule has 0 spiro atoms. The highest BCUT2D eigenvalue weighted by molar-refractivity contribution is 7.10. The lowest BCUT2D eigenvalue weighted by molar-refractivity contribution is -0.384. The molecule has 0 amide bonds. The normalized spacial score (nSPS) is 12.2. The first-order valence-corrected chi connectivity index (χ1v) is 6.92. The molecule has 0 radical (unpaired) electrons. The molecule has 0 fully saturated rings. The Morgan fingerprint density at radius 1 is 1.32 bits per heavy atom. The van der Waals surface area contributed by atoms with Crippen molar-refractivity contribution in [1.82, 2.24) is 0 Å². The molecule has 5 heteroatoms. The minimum Gasteiger partial charge on any atom is -0.372 e. The van der Waals surface area contributed by atoms with Gasteiger partial charge in [0.05, 0.1) is 11.0 Å². The smallest absolute Gasteiger partial charge is 0.292 e. The van der Waals surface area contributed by atoms with Gasteiger partial charge in [0.25, 0.3) is 5.69 Å². The standard InChI is InChI=1S/C14H16N2O2S/c1-9-7-12(13(16(17)18)8-10(9)2)15-11(3)14-5-4-6-19-14/h4-8,11,15H,1-3H3. The van der Waals surface area contributed by atoms with E-state index in [9.17, 15) is 10.1 Å². The molecule has 1 N–H and O–H groups in total. The molecule has 2 aromatic rings. The van der Waals surface area contributed by atoms with Crippen LogP contribution >= 0.6 is 11.3 Å². The fourth-order valence-electron chi connectivity index (χ4n) is 1.91. The van der Waals surface area contributed by atoms with E-state index in [0.717, 1.165) is 16.0 Å². The van der Waals surface area contributed by atoms with E-state index >= 15 is 0 Å². The molecule has 19 heavy (non-hydrogen) atoms. The number of hydrogen-bond donors (Lipinski definition) is 1. The molecular formula is C14H16N2O2S. The van der Waals surface area contributed by atoms with Crippen molar-refractivity contribution in [3.05, 3.63) is 55.8 Å². The van der Waals surface area contributed by atoms with Gasteiger partial charge in [0.2, 0.25) is 0 Å². The molecular weight excluding hydrogens is 260 g/mol. The summed E-state index contributed by atoms with van der Waals surface area (Å²) in [5.74, 6) is 0. The average molecular weight is 276 g/mol. The molecule has 1 unspecified atom stereocenters. The van der Waals surface area contributed by atoms with Crippen LogP contribution in [0.5, 0.6) is 0 Å². The maximum Gasteiger partial charge on any atom is 0.292 e. The van der Waals surface area contributed by atoms with Gasteiger partial charge in [0, 0.05) is 10.9 Å². The Morgan fingerprint density at radius 3 is 2.58 bits per heavy atom. The number of nitrogens with zero attached hydrogens (tertiary/aromatic N) is 1. The van der Waals surface area contributed by atoms with E-state index in [1.165, 1.54) is 0 Å². The largest absolute Gasteiger partial charge is 0.372 e. The van der Waals surface area contributed by atoms with Crippen LogP contribution in [0.4, 0.5) is 11.4 Å². The molecule has 1 aromatic heterocycles. The van der Waals surface area contributed by atoms with E-state index in [1.807, 2.05) is 44.4 Å². The molecule has 0 aliphatic heterocycles. The molecule has 4 nitrogen and oxygen atoms in total. The Labute approximate surface area is 116 Å². The summed E-state index contributed by atoms with van der Waals surface area (Å²) in [5.41, 5.74) is 2.69. The average Bonchev–Trinajstić information content (AvgIpc) is 2.86. The third-order valence-corrected chi connectivity index (χ3v) is 4.21. The van der Waals surface area contributed by atoms with Gasteiger partial charge >= 0.3 is 0 Å². The second kappa shape index (κ2) is 5.40. The van der Waals surface area contributed by atoms with Gasteiger partial charge in [-0.25, -0.2) is 0 Å². The number of anilines is 1. The fraction of sp³-hybridized carbons (Fsp3) is 0.286. The van der Waals surface area contributed by atoms with Gasteiger partial charge in [0.1, 0.15) is 5.69 Å². The Hall–Kier alpha value is -1.88. The highest BCUT2D eigenvalue weighted by Crippen LogP contribution is 2.31. The van der Waals surface area contributed by atoms with Crippen molar-refractivity contribution in [2.45, 2.75) is 26.8 Å². The zero-order valence-electron chi connectivity index (χ0n) is 11.1. The zero-order valence-corrected chi connectivity index (χ0v) is 12.0. The maximum absolute atomic E-state index is 11.1. The van der Waals surface area contributed by atoms with E-state index in [0.29, 0.717) is 5.69 Å². The number of nitro benzene ring substituents is 1. The lowest BCUT2D eigenvalue weighted by atomic mass is 10.1. The van der Waals surface area contributed by atoms with Crippen molar-refractivity contribution in [2.24, 2.45) is 0 Å². The van der Waals surface area contributed by atoms with Gasteiger partial charge in [0.15, 0.2) is 0 Å². The SMILES string of the molecule is Cc1cc(NC(C)c2cccs2)c([N+](=O)[O-])cc1C. The second-order valence-electron chi connectivity index (χ2n) is 4.59. The van der Waals surface area contributed by atoms with Gasteiger partial charge in [-0.15, -0.1) is 11.3 Å². The summed E-state index contributed by atoms with van der Waals surface area (Å²) in [6.07, 6.45) is 0. The number of benzene rings is 1. The van der Waals surface area contributed by atoms with Crippen LogP contribution in [-0.2, 0) is 0 Å². The predicted octanol–water partition coefficient (Wildman–Crippen LogP) is 4.45. The number of nitro groups is 1. The van der Waals surface area contributed by atoms with Crippen LogP contribution in [0.2, 0.25) is 0 Å². The monoisotopic (exact) mass is 276 g/mol. The minimum atomic E-state index is -0.337. The van der Waals surface area contributed by atoms with Crippen molar-refractivity contribution >= 4 is 22.7 Å². The van der Waals surface area contributed by atoms with Gasteiger partial charge in [-0.2, -0.15) is 0 Å². The van der Waals surface area contributed by atoms with E-state index in [-0.39, 0.29) is 16.7 Å². The molecule has 0 saturated heterocycles. The quantitative estimate of drug-likeness (QED) is 0.663. The Bertz CT molecular complexity index is 594. The van der Waals surface area contributed by atoms with E-state index in [1.54, 1.807) is 17.4 Å². The molecule has 1 heterocycles. The predicted molar refractivity (Wildman–Crippen MR) is 78.9 cm³/mol. The Kier molecular flexibility index (Phi) is 3.85. The molecule has 2 rings (SSSR count). The lowest BCUT2D eigenvalue weighted by Crippen LogP contribution is -2.07. The summed E-state index contributed by atoms with van der Waals surface area (Å²) in [6, 6.07) is 7.53. The number of hydrogen-bond acceptors (Lipinski definition) is 4. The molecule has 0 aliphatic rings. The maximum atomic E-state index is 11.1. The van der Waals surface area contributed by atoms with Crippen molar-refractivity contribution in [1.29, 1.82) is 0 Å². The molecule has 0 bridgehead atoms. The molecule has 1 aromatic carbocycles. The topological polar surface area (TPSA) is 55.2 Å². The van der Waals surface area contributed by atoms with Gasteiger partial charge in [-0.1, -0.05) is 6.07 Å². The van der Waals surface area contributed by atoms with Crippen molar-refractivity contribution < 1.29 is 4.92 Å². The Morgan fingerprint density at radius 2 is 2.00 bits per heavy atom. The fourth-order valence-corrected chi connectivity index (χ4v) is 2.64. The summed E-state index contributed by atoms with van der Waals surface area (Å²) >= 11 is 1.64. The second-order valence-corrected chi connectivity index (χ2v) is 5.57. The summed E-state index contributed by atoms with van der Waals surface area (Å²) in [4.78, 5) is 11.9. The highest BCUT2D eigenvalue weighted by Gasteiger charge is 2.17. The summed E-state index contributed by atoms with van der Waals surface area (Å²) in [5, 5.41) is 16.4. The van der Waals surface area contributed by atoms with E-state index < -0.39 is 0 Å². The third-order valence-electron chi connectivity index (χ3n) is 3.15. The molecule has 0 saturated carbocycles. The van der Waals surface area contributed by atoms with Crippen LogP contribution in [0.3, 0.4) is 0 Å². The number of thiophene rings is 1. The van der Waals surface area contributed by atoms with Crippen molar-refractivity contribution in [2.75, 3.05) is 5.32 Å². The van der Waals surface area contributed by atoms with E-state index in [2.05, 4.69) is 5.32 Å². The van der Waals surface area contributed by atoms with Crippen LogP contribution < -0.4 is 5.32 Å². The van der Waals surface area contributed by atoms with Crippen LogP contribution in [0.1, 0.15) is 29.0 Å². The highest BCUT2D eigenvalue weighted by atomic mass is 32.1. The summed E-state index contributed by atoms with van der Waals surface area (Å²) in [7, 11) is 0. The third kappa shape index (κ3) is 2.93. The van der Waals surface area contributed by atoms with Crippen LogP contribution in [0.25, 0.3) is 0 Å². The number of nitrogens with one attached hydrogen (secondary N) is 1. The van der Waals surface area contributed by atoms with Gasteiger partial charge in [-0.05, 0) is 49.4 Å². The van der Waals surface area contributed by atoms with Crippen molar-refractivity contribution in [3.8, 4) is 0 Å². The molecule has 100 valence electrons. The van der Waals surface area contributed by atoms with Crippen LogP contribution in [0.15, 0.2) is 29.6 Å². The zero-order chi connectivity index (χ0) is 14.0. The molecule has 1 atom stereocenters. The lowest BCUT2D eigenvalue weighted by Gasteiger charge is -2.15. The summed E-state index contributed by atoms with van der Waals surface area (Å²) < 4.78 is 0. The first kappa shape index (κ1) is 13.5. The molecule has 0 aliphatic carbocycles. The number of aryl methyl sites for hydroxylation is 2. The minimum absolute atomic E-state index is 0.0563. The van der Waals surface area contributed by atoms with Gasteiger partial charge in [-0.3, -0.25) is 10.1 Å². The van der Waals surface area contributed by atoms with Crippen LogP contribution in [-0.4, -0.2) is 4.92 Å². The Balaban J connectivity index is 2.33. The van der Waals surface area contributed by atoms with Crippen molar-refractivity contribution in [3.63, 3.8) is 0 Å². The number of rotatable bonds is 4. The first-order chi connectivity index (χ1) is 8.99.